The van der Waals surface area contributed by atoms with Gasteiger partial charge in [0.05, 0.1) is 6.04 Å². The maximum atomic E-state index is 10.7. The lowest BCUT2D eigenvalue weighted by Gasteiger charge is -2.21. The summed E-state index contributed by atoms with van der Waals surface area (Å²) in [5.41, 5.74) is 0. The molecule has 0 aliphatic rings. The van der Waals surface area contributed by atoms with Crippen LogP contribution >= 0.6 is 0 Å². The fraction of sp³-hybridized carbons (Fsp3) is 0.643. The summed E-state index contributed by atoms with van der Waals surface area (Å²) in [7, 11) is 0. The van der Waals surface area contributed by atoms with E-state index in [9.17, 15) is 4.79 Å². The normalized spacial score (nSPS) is 16.2. The van der Waals surface area contributed by atoms with Gasteiger partial charge in [-0.25, -0.2) is 4.79 Å². The molecule has 1 rings (SSSR count). The maximum Gasteiger partial charge on any atom is 0.371 e. The van der Waals surface area contributed by atoms with Crippen molar-refractivity contribution in [2.75, 3.05) is 0 Å². The highest BCUT2D eigenvalue weighted by molar-refractivity contribution is 5.84. The third kappa shape index (κ3) is 4.18. The van der Waals surface area contributed by atoms with Crippen LogP contribution in [0.2, 0.25) is 0 Å². The minimum Gasteiger partial charge on any atom is -0.475 e. The van der Waals surface area contributed by atoms with E-state index in [1.165, 1.54) is 12.5 Å². The first-order valence-electron chi connectivity index (χ1n) is 6.53. The summed E-state index contributed by atoms with van der Waals surface area (Å²) in [4.78, 5) is 10.7. The molecule has 0 bridgehead atoms. The molecule has 2 N–H and O–H groups in total. The fourth-order valence-electron chi connectivity index (χ4n) is 2.05. The molecule has 0 aliphatic heterocycles. The molecule has 0 radical (unpaired) electrons. The number of carboxylic acids is 1. The lowest BCUT2D eigenvalue weighted by Crippen LogP contribution is -2.30. The summed E-state index contributed by atoms with van der Waals surface area (Å²) < 4.78 is 5.28. The third-order valence-corrected chi connectivity index (χ3v) is 3.25. The quantitative estimate of drug-likeness (QED) is 0.781. The van der Waals surface area contributed by atoms with Crippen LogP contribution < -0.4 is 5.32 Å². The Kier molecular flexibility index (Phi) is 5.41. The molecule has 0 saturated heterocycles. The van der Waals surface area contributed by atoms with Crippen molar-refractivity contribution in [1.82, 2.24) is 5.32 Å². The second-order valence-electron chi connectivity index (χ2n) is 5.05. The van der Waals surface area contributed by atoms with Crippen LogP contribution in [-0.4, -0.2) is 17.1 Å². The van der Waals surface area contributed by atoms with Gasteiger partial charge in [0.2, 0.25) is 5.76 Å². The molecular weight excluding hydrogens is 230 g/mol. The van der Waals surface area contributed by atoms with Gasteiger partial charge in [0.25, 0.3) is 0 Å². The standard InChI is InChI=1S/C14H23NO3/c1-5-9(2)8-10(3)15-11(4)12-6-7-13(18-12)14(16)17/h6-7,9-11,15H,5,8H2,1-4H3,(H,16,17). The van der Waals surface area contributed by atoms with Crippen LogP contribution in [-0.2, 0) is 0 Å². The Morgan fingerprint density at radius 2 is 2.06 bits per heavy atom. The number of aromatic carboxylic acids is 1. The minimum atomic E-state index is -1.03. The van der Waals surface area contributed by atoms with Gasteiger partial charge < -0.3 is 14.8 Å². The van der Waals surface area contributed by atoms with Crippen molar-refractivity contribution < 1.29 is 14.3 Å². The average Bonchev–Trinajstić information content (AvgIpc) is 2.77. The zero-order valence-corrected chi connectivity index (χ0v) is 11.6. The van der Waals surface area contributed by atoms with E-state index in [0.29, 0.717) is 17.7 Å². The second kappa shape index (κ2) is 6.59. The number of furan rings is 1. The number of hydrogen-bond donors (Lipinski definition) is 2. The molecule has 3 unspecified atom stereocenters. The van der Waals surface area contributed by atoms with Crippen LogP contribution in [0.4, 0.5) is 0 Å². The molecule has 18 heavy (non-hydrogen) atoms. The second-order valence-corrected chi connectivity index (χ2v) is 5.05. The SMILES string of the molecule is CCC(C)CC(C)NC(C)c1ccc(C(=O)O)o1. The summed E-state index contributed by atoms with van der Waals surface area (Å²) in [5.74, 6) is 0.323. The monoisotopic (exact) mass is 253 g/mol. The molecule has 4 nitrogen and oxygen atoms in total. The number of nitrogens with one attached hydrogen (secondary N) is 1. The predicted octanol–water partition coefficient (Wildman–Crippen LogP) is 3.45. The zero-order chi connectivity index (χ0) is 13.7. The zero-order valence-electron chi connectivity index (χ0n) is 11.6. The van der Waals surface area contributed by atoms with E-state index in [0.717, 1.165) is 6.42 Å². The molecule has 0 saturated carbocycles. The van der Waals surface area contributed by atoms with Gasteiger partial charge >= 0.3 is 5.97 Å². The first kappa shape index (κ1) is 14.8. The van der Waals surface area contributed by atoms with Gasteiger partial charge in [-0.05, 0) is 38.3 Å². The van der Waals surface area contributed by atoms with Crippen LogP contribution in [0.5, 0.6) is 0 Å². The number of carbonyl (C=O) groups is 1. The highest BCUT2D eigenvalue weighted by Gasteiger charge is 2.16. The topological polar surface area (TPSA) is 62.5 Å². The average molecular weight is 253 g/mol. The van der Waals surface area contributed by atoms with Gasteiger partial charge in [0, 0.05) is 6.04 Å². The molecule has 4 heteroatoms. The molecule has 1 heterocycles. The van der Waals surface area contributed by atoms with Gasteiger partial charge in [-0.2, -0.15) is 0 Å². The van der Waals surface area contributed by atoms with E-state index < -0.39 is 5.97 Å². The van der Waals surface area contributed by atoms with Crippen LogP contribution in [0, 0.1) is 5.92 Å². The Labute approximate surface area is 108 Å². The van der Waals surface area contributed by atoms with Gasteiger partial charge in [-0.3, -0.25) is 0 Å². The van der Waals surface area contributed by atoms with E-state index in [-0.39, 0.29) is 11.8 Å². The van der Waals surface area contributed by atoms with Gasteiger partial charge in [0.15, 0.2) is 0 Å². The Morgan fingerprint density at radius 3 is 2.56 bits per heavy atom. The predicted molar refractivity (Wildman–Crippen MR) is 70.8 cm³/mol. The van der Waals surface area contributed by atoms with E-state index >= 15 is 0 Å². The van der Waals surface area contributed by atoms with E-state index in [2.05, 4.69) is 26.1 Å². The molecule has 0 aromatic carbocycles. The summed E-state index contributed by atoms with van der Waals surface area (Å²) >= 11 is 0. The van der Waals surface area contributed by atoms with Gasteiger partial charge in [0.1, 0.15) is 5.76 Å². The Bertz CT molecular complexity index is 386. The fourth-order valence-corrected chi connectivity index (χ4v) is 2.05. The van der Waals surface area contributed by atoms with Crippen LogP contribution in [0.1, 0.15) is 62.9 Å². The van der Waals surface area contributed by atoms with Crippen LogP contribution in [0.25, 0.3) is 0 Å². The molecule has 3 atom stereocenters. The number of rotatable bonds is 7. The Morgan fingerprint density at radius 1 is 1.39 bits per heavy atom. The van der Waals surface area contributed by atoms with Crippen molar-refractivity contribution in [3.05, 3.63) is 23.7 Å². The molecule has 102 valence electrons. The lowest BCUT2D eigenvalue weighted by molar-refractivity contribution is 0.0659. The first-order chi connectivity index (χ1) is 8.43. The van der Waals surface area contributed by atoms with Crippen molar-refractivity contribution in [2.45, 2.75) is 52.6 Å². The van der Waals surface area contributed by atoms with E-state index in [1.807, 2.05) is 6.92 Å². The summed E-state index contributed by atoms with van der Waals surface area (Å²) in [5, 5.41) is 12.2. The van der Waals surface area contributed by atoms with Crippen molar-refractivity contribution >= 4 is 5.97 Å². The van der Waals surface area contributed by atoms with Gasteiger partial charge in [-0.1, -0.05) is 20.3 Å². The van der Waals surface area contributed by atoms with Gasteiger partial charge in [-0.15, -0.1) is 0 Å². The molecule has 0 aliphatic carbocycles. The molecular formula is C14H23NO3. The van der Waals surface area contributed by atoms with Crippen molar-refractivity contribution in [3.63, 3.8) is 0 Å². The van der Waals surface area contributed by atoms with E-state index in [1.54, 1.807) is 6.07 Å². The Hall–Kier alpha value is -1.29. The summed E-state index contributed by atoms with van der Waals surface area (Å²) in [6.07, 6.45) is 2.28. The molecule has 0 fully saturated rings. The highest BCUT2D eigenvalue weighted by atomic mass is 16.4. The molecule has 0 spiro atoms. The molecule has 0 amide bonds. The maximum absolute atomic E-state index is 10.7. The molecule has 1 aromatic heterocycles. The minimum absolute atomic E-state index is 0.00627. The van der Waals surface area contributed by atoms with Crippen molar-refractivity contribution in [2.24, 2.45) is 5.92 Å². The first-order valence-corrected chi connectivity index (χ1v) is 6.53. The van der Waals surface area contributed by atoms with Crippen LogP contribution in [0.3, 0.4) is 0 Å². The summed E-state index contributed by atoms with van der Waals surface area (Å²) in [6, 6.07) is 3.62. The Balaban J connectivity index is 2.53. The molecule has 1 aromatic rings. The smallest absolute Gasteiger partial charge is 0.371 e. The van der Waals surface area contributed by atoms with Crippen LogP contribution in [0.15, 0.2) is 16.5 Å². The van der Waals surface area contributed by atoms with Crippen molar-refractivity contribution in [3.8, 4) is 0 Å². The highest BCUT2D eigenvalue weighted by Crippen LogP contribution is 2.18. The van der Waals surface area contributed by atoms with E-state index in [4.69, 9.17) is 9.52 Å². The largest absolute Gasteiger partial charge is 0.475 e. The number of hydrogen-bond acceptors (Lipinski definition) is 3. The third-order valence-electron chi connectivity index (χ3n) is 3.25. The number of carboxylic acid groups (broad SMARTS) is 1. The van der Waals surface area contributed by atoms with Crippen molar-refractivity contribution in [1.29, 1.82) is 0 Å². The summed E-state index contributed by atoms with van der Waals surface area (Å²) in [6.45, 7) is 8.55. The lowest BCUT2D eigenvalue weighted by atomic mass is 10.00.